The quantitative estimate of drug-likeness (QED) is 0.840. The third-order valence-corrected chi connectivity index (χ3v) is 3.99. The normalized spacial score (nSPS) is 10.5. The van der Waals surface area contributed by atoms with Crippen molar-refractivity contribution >= 4 is 28.9 Å². The van der Waals surface area contributed by atoms with Crippen LogP contribution in [0.15, 0.2) is 21.2 Å². The maximum Gasteiger partial charge on any atom is 0.180 e. The molecule has 2 rings (SSSR count). The Kier molecular flexibility index (Phi) is 4.27. The average Bonchev–Trinajstić information content (AvgIpc) is 2.84. The fourth-order valence-corrected chi connectivity index (χ4v) is 2.98. The van der Waals surface area contributed by atoms with Crippen LogP contribution in [-0.4, -0.2) is 27.2 Å². The van der Waals surface area contributed by atoms with Crippen molar-refractivity contribution in [1.82, 2.24) is 20.2 Å². The standard InChI is InChI=1S/C10H13N5S2/c1-3-4-7-8(11-2)12-5-13-9(7)17-10-15-14-6-16-10/h5-6H,3-4H2,1-2H3,(H,11,12,13). The summed E-state index contributed by atoms with van der Waals surface area (Å²) in [6, 6.07) is 0. The van der Waals surface area contributed by atoms with Crippen molar-refractivity contribution in [3.63, 3.8) is 0 Å². The second kappa shape index (κ2) is 5.92. The van der Waals surface area contributed by atoms with Crippen LogP contribution in [0.25, 0.3) is 0 Å². The van der Waals surface area contributed by atoms with E-state index < -0.39 is 0 Å². The van der Waals surface area contributed by atoms with E-state index >= 15 is 0 Å². The fourth-order valence-electron chi connectivity index (χ4n) is 1.46. The predicted molar refractivity (Wildman–Crippen MR) is 69.6 cm³/mol. The molecule has 5 nitrogen and oxygen atoms in total. The van der Waals surface area contributed by atoms with Gasteiger partial charge in [-0.15, -0.1) is 10.2 Å². The zero-order valence-corrected chi connectivity index (χ0v) is 11.3. The van der Waals surface area contributed by atoms with Gasteiger partial charge in [-0.1, -0.05) is 24.7 Å². The number of rotatable bonds is 5. The van der Waals surface area contributed by atoms with Gasteiger partial charge in [-0.2, -0.15) is 0 Å². The monoisotopic (exact) mass is 267 g/mol. The van der Waals surface area contributed by atoms with Gasteiger partial charge in [0, 0.05) is 12.6 Å². The molecule has 0 bridgehead atoms. The van der Waals surface area contributed by atoms with Crippen molar-refractivity contribution < 1.29 is 0 Å². The largest absolute Gasteiger partial charge is 0.373 e. The first kappa shape index (κ1) is 12.3. The van der Waals surface area contributed by atoms with Gasteiger partial charge < -0.3 is 5.32 Å². The molecule has 0 spiro atoms. The first-order valence-electron chi connectivity index (χ1n) is 5.30. The topological polar surface area (TPSA) is 63.6 Å². The van der Waals surface area contributed by atoms with Crippen molar-refractivity contribution in [2.75, 3.05) is 12.4 Å². The Morgan fingerprint density at radius 3 is 2.94 bits per heavy atom. The highest BCUT2D eigenvalue weighted by atomic mass is 32.2. The average molecular weight is 267 g/mol. The van der Waals surface area contributed by atoms with Gasteiger partial charge in [0.05, 0.1) is 0 Å². The van der Waals surface area contributed by atoms with Crippen LogP contribution in [0, 0.1) is 0 Å². The maximum absolute atomic E-state index is 4.33. The van der Waals surface area contributed by atoms with Gasteiger partial charge in [0.25, 0.3) is 0 Å². The Bertz CT molecular complexity index is 472. The molecule has 0 fully saturated rings. The van der Waals surface area contributed by atoms with E-state index in [1.807, 2.05) is 7.05 Å². The van der Waals surface area contributed by atoms with Crippen LogP contribution in [-0.2, 0) is 6.42 Å². The summed E-state index contributed by atoms with van der Waals surface area (Å²) < 4.78 is 0.906. The zero-order chi connectivity index (χ0) is 12.1. The summed E-state index contributed by atoms with van der Waals surface area (Å²) in [5.74, 6) is 0.897. The van der Waals surface area contributed by atoms with Crippen LogP contribution in [0.5, 0.6) is 0 Å². The van der Waals surface area contributed by atoms with Gasteiger partial charge in [-0.3, -0.25) is 0 Å². The van der Waals surface area contributed by atoms with Gasteiger partial charge in [-0.25, -0.2) is 9.97 Å². The second-order valence-corrected chi connectivity index (χ2v) is 5.38. The minimum atomic E-state index is 0.897. The lowest BCUT2D eigenvalue weighted by molar-refractivity contribution is 0.857. The van der Waals surface area contributed by atoms with E-state index in [0.717, 1.165) is 33.6 Å². The number of aromatic nitrogens is 4. The number of nitrogens with one attached hydrogen (secondary N) is 1. The molecule has 0 aliphatic carbocycles. The minimum absolute atomic E-state index is 0.897. The summed E-state index contributed by atoms with van der Waals surface area (Å²) in [4.78, 5) is 8.57. The molecule has 0 radical (unpaired) electrons. The smallest absolute Gasteiger partial charge is 0.180 e. The van der Waals surface area contributed by atoms with E-state index in [-0.39, 0.29) is 0 Å². The molecular weight excluding hydrogens is 254 g/mol. The molecule has 0 aliphatic heterocycles. The van der Waals surface area contributed by atoms with Crippen molar-refractivity contribution in [3.8, 4) is 0 Å². The van der Waals surface area contributed by atoms with E-state index in [2.05, 4.69) is 32.4 Å². The van der Waals surface area contributed by atoms with Gasteiger partial charge in [0.2, 0.25) is 0 Å². The highest BCUT2D eigenvalue weighted by Gasteiger charge is 2.12. The molecule has 0 aromatic carbocycles. The number of nitrogens with zero attached hydrogens (tertiary/aromatic N) is 4. The molecule has 0 aliphatic rings. The van der Waals surface area contributed by atoms with E-state index in [0.29, 0.717) is 0 Å². The number of hydrogen-bond acceptors (Lipinski definition) is 7. The Hall–Kier alpha value is -1.21. The molecule has 0 saturated carbocycles. The number of anilines is 1. The van der Waals surface area contributed by atoms with Crippen LogP contribution >= 0.6 is 23.1 Å². The molecule has 2 heterocycles. The van der Waals surface area contributed by atoms with Crippen LogP contribution in [0.4, 0.5) is 5.82 Å². The minimum Gasteiger partial charge on any atom is -0.373 e. The van der Waals surface area contributed by atoms with E-state index in [9.17, 15) is 0 Å². The van der Waals surface area contributed by atoms with Crippen LogP contribution < -0.4 is 5.32 Å². The molecule has 17 heavy (non-hydrogen) atoms. The lowest BCUT2D eigenvalue weighted by atomic mass is 10.2. The van der Waals surface area contributed by atoms with Crippen molar-refractivity contribution in [2.45, 2.75) is 29.1 Å². The third kappa shape index (κ3) is 2.92. The summed E-state index contributed by atoms with van der Waals surface area (Å²) >= 11 is 3.06. The summed E-state index contributed by atoms with van der Waals surface area (Å²) in [6.07, 6.45) is 3.60. The molecule has 2 aromatic heterocycles. The fraction of sp³-hybridized carbons (Fsp3) is 0.400. The molecular formula is C10H13N5S2. The van der Waals surface area contributed by atoms with Crippen molar-refractivity contribution in [2.24, 2.45) is 0 Å². The predicted octanol–water partition coefficient (Wildman–Crippen LogP) is 2.47. The molecule has 2 aromatic rings. The maximum atomic E-state index is 4.33. The van der Waals surface area contributed by atoms with Crippen molar-refractivity contribution in [1.29, 1.82) is 0 Å². The Balaban J connectivity index is 2.31. The van der Waals surface area contributed by atoms with Gasteiger partial charge in [-0.05, 0) is 18.2 Å². The molecule has 0 unspecified atom stereocenters. The molecule has 0 amide bonds. The molecule has 0 atom stereocenters. The first-order chi connectivity index (χ1) is 8.35. The summed E-state index contributed by atoms with van der Waals surface area (Å²) in [7, 11) is 1.88. The van der Waals surface area contributed by atoms with Gasteiger partial charge >= 0.3 is 0 Å². The third-order valence-electron chi connectivity index (χ3n) is 2.17. The zero-order valence-electron chi connectivity index (χ0n) is 9.67. The van der Waals surface area contributed by atoms with Crippen LogP contribution in [0.3, 0.4) is 0 Å². The van der Waals surface area contributed by atoms with Gasteiger partial charge in [0.1, 0.15) is 22.7 Å². The van der Waals surface area contributed by atoms with Gasteiger partial charge in [0.15, 0.2) is 4.34 Å². The second-order valence-electron chi connectivity index (χ2n) is 3.31. The van der Waals surface area contributed by atoms with E-state index in [1.165, 1.54) is 11.3 Å². The Labute approximate surface area is 108 Å². The highest BCUT2D eigenvalue weighted by Crippen LogP contribution is 2.32. The van der Waals surface area contributed by atoms with Crippen LogP contribution in [0.2, 0.25) is 0 Å². The molecule has 0 saturated heterocycles. The highest BCUT2D eigenvalue weighted by molar-refractivity contribution is 8.01. The van der Waals surface area contributed by atoms with E-state index in [4.69, 9.17) is 0 Å². The summed E-state index contributed by atoms with van der Waals surface area (Å²) in [5, 5.41) is 11.9. The molecule has 90 valence electrons. The lowest BCUT2D eigenvalue weighted by Gasteiger charge is -2.10. The Morgan fingerprint density at radius 2 is 2.29 bits per heavy atom. The van der Waals surface area contributed by atoms with Crippen LogP contribution in [0.1, 0.15) is 18.9 Å². The summed E-state index contributed by atoms with van der Waals surface area (Å²) in [6.45, 7) is 2.14. The SMILES string of the molecule is CCCc1c(NC)ncnc1Sc1nncs1. The molecule has 1 N–H and O–H groups in total. The van der Waals surface area contributed by atoms with Crippen molar-refractivity contribution in [3.05, 3.63) is 17.4 Å². The number of hydrogen-bond donors (Lipinski definition) is 1. The molecule has 7 heteroatoms. The first-order valence-corrected chi connectivity index (χ1v) is 7.00. The Morgan fingerprint density at radius 1 is 1.41 bits per heavy atom. The lowest BCUT2D eigenvalue weighted by Crippen LogP contribution is -2.02. The van der Waals surface area contributed by atoms with E-state index in [1.54, 1.807) is 23.6 Å². The summed E-state index contributed by atoms with van der Waals surface area (Å²) in [5.41, 5.74) is 2.87.